The summed E-state index contributed by atoms with van der Waals surface area (Å²) in [7, 11) is -1.34. The van der Waals surface area contributed by atoms with Gasteiger partial charge in [-0.05, 0) is 37.6 Å². The van der Waals surface area contributed by atoms with Gasteiger partial charge in [-0.3, -0.25) is 9.59 Å². The van der Waals surface area contributed by atoms with Crippen molar-refractivity contribution in [1.82, 2.24) is 4.90 Å². The van der Waals surface area contributed by atoms with Gasteiger partial charge < -0.3 is 10.2 Å². The van der Waals surface area contributed by atoms with Gasteiger partial charge >= 0.3 is 0 Å². The molecule has 2 amide bonds. The number of nitrogens with one attached hydrogen (secondary N) is 1. The van der Waals surface area contributed by atoms with Gasteiger partial charge in [0.25, 0.3) is 0 Å². The van der Waals surface area contributed by atoms with Crippen LogP contribution in [0.15, 0.2) is 29.2 Å². The SMILES string of the molecule is CC(=O)Nc1ccc(S[C@@H](C)C(=O)N(C)[C@H]2CCS(=O)(=O)C2)cc1. The third kappa shape index (κ3) is 4.98. The minimum atomic E-state index is -3.01. The van der Waals surface area contributed by atoms with E-state index >= 15 is 0 Å². The molecule has 6 nitrogen and oxygen atoms in total. The third-order valence-corrected chi connectivity index (χ3v) is 6.79. The molecule has 0 unspecified atom stereocenters. The van der Waals surface area contributed by atoms with E-state index in [2.05, 4.69) is 5.32 Å². The van der Waals surface area contributed by atoms with Crippen LogP contribution < -0.4 is 5.32 Å². The fraction of sp³-hybridized carbons (Fsp3) is 0.500. The highest BCUT2D eigenvalue weighted by molar-refractivity contribution is 8.00. The first-order valence-corrected chi connectivity index (χ1v) is 10.4. The first kappa shape index (κ1) is 18.8. The second-order valence-corrected chi connectivity index (χ2v) is 9.61. The van der Waals surface area contributed by atoms with E-state index in [1.165, 1.54) is 18.7 Å². The number of benzene rings is 1. The molecule has 1 N–H and O–H groups in total. The van der Waals surface area contributed by atoms with Gasteiger partial charge in [-0.1, -0.05) is 0 Å². The Labute approximate surface area is 146 Å². The average molecular weight is 370 g/mol. The van der Waals surface area contributed by atoms with Crippen molar-refractivity contribution >= 4 is 39.1 Å². The third-order valence-electron chi connectivity index (χ3n) is 3.94. The number of hydrogen-bond donors (Lipinski definition) is 1. The predicted molar refractivity (Wildman–Crippen MR) is 95.9 cm³/mol. The van der Waals surface area contributed by atoms with Crippen molar-refractivity contribution in [1.29, 1.82) is 0 Å². The number of anilines is 1. The summed E-state index contributed by atoms with van der Waals surface area (Å²) in [5, 5.41) is 2.38. The molecule has 1 saturated heterocycles. The van der Waals surface area contributed by atoms with Crippen molar-refractivity contribution < 1.29 is 18.0 Å². The molecule has 1 aliphatic rings. The van der Waals surface area contributed by atoms with Crippen molar-refractivity contribution in [2.24, 2.45) is 0 Å². The standard InChI is InChI=1S/C16H22N2O4S2/c1-11(16(20)18(3)14-8-9-24(21,22)10-14)23-15-6-4-13(5-7-15)17-12(2)19/h4-7,11,14H,8-10H2,1-3H3,(H,17,19)/t11-,14-/m0/s1. The summed E-state index contributed by atoms with van der Waals surface area (Å²) in [6, 6.07) is 7.04. The Hall–Kier alpha value is -1.54. The molecule has 0 radical (unpaired) electrons. The van der Waals surface area contributed by atoms with Crippen molar-refractivity contribution in [3.05, 3.63) is 24.3 Å². The highest BCUT2D eigenvalue weighted by Gasteiger charge is 2.34. The maximum Gasteiger partial charge on any atom is 0.235 e. The molecular formula is C16H22N2O4S2. The number of amides is 2. The first-order valence-electron chi connectivity index (χ1n) is 7.69. The topological polar surface area (TPSA) is 83.6 Å². The van der Waals surface area contributed by atoms with Crippen LogP contribution in [0.5, 0.6) is 0 Å². The van der Waals surface area contributed by atoms with Crippen molar-refractivity contribution in [2.45, 2.75) is 36.5 Å². The van der Waals surface area contributed by atoms with E-state index in [9.17, 15) is 18.0 Å². The highest BCUT2D eigenvalue weighted by Crippen LogP contribution is 2.27. The largest absolute Gasteiger partial charge is 0.341 e. The quantitative estimate of drug-likeness (QED) is 0.799. The second kappa shape index (κ2) is 7.57. The van der Waals surface area contributed by atoms with Crippen LogP contribution in [0.4, 0.5) is 5.69 Å². The highest BCUT2D eigenvalue weighted by atomic mass is 32.2. The van der Waals surface area contributed by atoms with Crippen LogP contribution in [0, 0.1) is 0 Å². The number of sulfone groups is 1. The smallest absolute Gasteiger partial charge is 0.235 e. The molecule has 0 aromatic heterocycles. The molecule has 2 atom stereocenters. The molecule has 1 aromatic rings. The lowest BCUT2D eigenvalue weighted by molar-refractivity contribution is -0.130. The van der Waals surface area contributed by atoms with E-state index in [-0.39, 0.29) is 34.6 Å². The predicted octanol–water partition coefficient (Wildman–Crippen LogP) is 1.77. The molecule has 24 heavy (non-hydrogen) atoms. The Balaban J connectivity index is 1.94. The van der Waals surface area contributed by atoms with E-state index < -0.39 is 9.84 Å². The minimum Gasteiger partial charge on any atom is -0.341 e. The molecule has 132 valence electrons. The number of thioether (sulfide) groups is 1. The molecular weight excluding hydrogens is 348 g/mol. The van der Waals surface area contributed by atoms with Gasteiger partial charge in [0.05, 0.1) is 16.8 Å². The Kier molecular flexibility index (Phi) is 5.92. The van der Waals surface area contributed by atoms with Gasteiger partial charge in [0.2, 0.25) is 11.8 Å². The van der Waals surface area contributed by atoms with Gasteiger partial charge in [0, 0.05) is 30.6 Å². The summed E-state index contributed by atoms with van der Waals surface area (Å²) in [6.45, 7) is 3.26. The number of carbonyl (C=O) groups is 2. The summed E-state index contributed by atoms with van der Waals surface area (Å²) in [5.41, 5.74) is 0.708. The van der Waals surface area contributed by atoms with E-state index in [1.54, 1.807) is 24.1 Å². The van der Waals surface area contributed by atoms with Crippen molar-refractivity contribution in [3.8, 4) is 0 Å². The maximum atomic E-state index is 12.5. The number of hydrogen-bond acceptors (Lipinski definition) is 5. The van der Waals surface area contributed by atoms with Crippen molar-refractivity contribution in [2.75, 3.05) is 23.9 Å². The lowest BCUT2D eigenvalue weighted by atomic mass is 10.2. The van der Waals surface area contributed by atoms with Crippen LogP contribution in [-0.2, 0) is 19.4 Å². The molecule has 1 aliphatic heterocycles. The molecule has 0 saturated carbocycles. The number of carbonyl (C=O) groups excluding carboxylic acids is 2. The molecule has 0 spiro atoms. The maximum absolute atomic E-state index is 12.5. The fourth-order valence-corrected chi connectivity index (χ4v) is 5.37. The summed E-state index contributed by atoms with van der Waals surface area (Å²) in [6.07, 6.45) is 0.507. The Morgan fingerprint density at radius 1 is 1.29 bits per heavy atom. The van der Waals surface area contributed by atoms with E-state index in [0.29, 0.717) is 12.1 Å². The summed E-state index contributed by atoms with van der Waals surface area (Å²) in [5.74, 6) is -0.000417. The Morgan fingerprint density at radius 2 is 1.92 bits per heavy atom. The normalized spacial score (nSPS) is 20.4. The monoisotopic (exact) mass is 370 g/mol. The van der Waals surface area contributed by atoms with Crippen LogP contribution in [0.3, 0.4) is 0 Å². The summed E-state index contributed by atoms with van der Waals surface area (Å²) < 4.78 is 23.1. The average Bonchev–Trinajstić information content (AvgIpc) is 2.87. The Bertz CT molecular complexity index is 716. The molecule has 1 fully saturated rings. The zero-order valence-corrected chi connectivity index (χ0v) is 15.6. The number of nitrogens with zero attached hydrogens (tertiary/aromatic N) is 1. The minimum absolute atomic E-state index is 0.0536. The molecule has 1 aromatic carbocycles. The van der Waals surface area contributed by atoms with Gasteiger partial charge in [-0.2, -0.15) is 0 Å². The van der Waals surface area contributed by atoms with Crippen LogP contribution >= 0.6 is 11.8 Å². The van der Waals surface area contributed by atoms with Gasteiger partial charge in [0.1, 0.15) is 0 Å². The van der Waals surface area contributed by atoms with Crippen LogP contribution in [0.1, 0.15) is 20.3 Å². The first-order chi connectivity index (χ1) is 11.2. The summed E-state index contributed by atoms with van der Waals surface area (Å²) in [4.78, 5) is 26.0. The van der Waals surface area contributed by atoms with Crippen LogP contribution in [0.2, 0.25) is 0 Å². The van der Waals surface area contributed by atoms with E-state index in [1.807, 2.05) is 19.1 Å². The molecule has 0 aliphatic carbocycles. The zero-order chi connectivity index (χ0) is 17.9. The van der Waals surface area contributed by atoms with Gasteiger partial charge in [0.15, 0.2) is 9.84 Å². The van der Waals surface area contributed by atoms with Gasteiger partial charge in [-0.15, -0.1) is 11.8 Å². The van der Waals surface area contributed by atoms with E-state index in [0.717, 1.165) is 4.90 Å². The van der Waals surface area contributed by atoms with E-state index in [4.69, 9.17) is 0 Å². The fourth-order valence-electron chi connectivity index (χ4n) is 2.62. The molecule has 8 heteroatoms. The second-order valence-electron chi connectivity index (χ2n) is 5.97. The Morgan fingerprint density at radius 3 is 2.42 bits per heavy atom. The summed E-state index contributed by atoms with van der Waals surface area (Å²) >= 11 is 1.41. The zero-order valence-electron chi connectivity index (χ0n) is 14.0. The van der Waals surface area contributed by atoms with Crippen LogP contribution in [-0.4, -0.2) is 55.0 Å². The van der Waals surface area contributed by atoms with Crippen molar-refractivity contribution in [3.63, 3.8) is 0 Å². The number of rotatable bonds is 5. The van der Waals surface area contributed by atoms with Gasteiger partial charge in [-0.25, -0.2) is 8.42 Å². The lowest BCUT2D eigenvalue weighted by Gasteiger charge is -2.26. The lowest BCUT2D eigenvalue weighted by Crippen LogP contribution is -2.41. The molecule has 1 heterocycles. The molecule has 0 bridgehead atoms. The van der Waals surface area contributed by atoms with Crippen LogP contribution in [0.25, 0.3) is 0 Å². The molecule has 2 rings (SSSR count).